The van der Waals surface area contributed by atoms with E-state index in [1.165, 1.54) is 11.5 Å². The van der Waals surface area contributed by atoms with Gasteiger partial charge >= 0.3 is 5.97 Å². The molecule has 4 nitrogen and oxygen atoms in total. The minimum Gasteiger partial charge on any atom is -0.332 e. The van der Waals surface area contributed by atoms with Crippen molar-refractivity contribution >= 4 is 27.8 Å². The van der Waals surface area contributed by atoms with E-state index in [1.807, 2.05) is 13.0 Å². The molecule has 3 rings (SSSR count). The van der Waals surface area contributed by atoms with Gasteiger partial charge in [0, 0.05) is 10.4 Å². The largest absolute Gasteiger partial charge is 0.363 e. The normalized spacial score (nSPS) is 19.0. The van der Waals surface area contributed by atoms with Gasteiger partial charge in [0.15, 0.2) is 0 Å². The summed E-state index contributed by atoms with van der Waals surface area (Å²) in [6.45, 7) is 1.93. The monoisotopic (exact) mass is 407 g/mol. The van der Waals surface area contributed by atoms with Gasteiger partial charge < -0.3 is 4.84 Å². The lowest BCUT2D eigenvalue weighted by Gasteiger charge is -2.33. The number of rotatable bonds is 3. The molecule has 136 valence electrons. The second-order valence-electron chi connectivity index (χ2n) is 7.28. The van der Waals surface area contributed by atoms with Crippen LogP contribution in [-0.2, 0) is 9.63 Å². The highest BCUT2D eigenvalue weighted by atomic mass is 79.9. The molecule has 1 amide bonds. The molecule has 0 aliphatic heterocycles. The van der Waals surface area contributed by atoms with Crippen molar-refractivity contribution in [3.63, 3.8) is 0 Å². The van der Waals surface area contributed by atoms with Gasteiger partial charge in [-0.1, -0.05) is 48.0 Å². The van der Waals surface area contributed by atoms with Crippen molar-refractivity contribution in [3.8, 4) is 0 Å². The molecule has 0 radical (unpaired) electrons. The zero-order valence-electron chi connectivity index (χ0n) is 14.8. The summed E-state index contributed by atoms with van der Waals surface area (Å²) in [4.78, 5) is 31.3. The second kappa shape index (κ2) is 8.35. The predicted molar refractivity (Wildman–Crippen MR) is 100.0 cm³/mol. The molecule has 0 unspecified atom stereocenters. The molecule has 0 spiro atoms. The highest BCUT2D eigenvalue weighted by Crippen LogP contribution is 2.31. The smallest absolute Gasteiger partial charge is 0.332 e. The van der Waals surface area contributed by atoms with Crippen LogP contribution < -0.4 is 0 Å². The second-order valence-corrected chi connectivity index (χ2v) is 8.13. The van der Waals surface area contributed by atoms with Gasteiger partial charge in [0.05, 0.1) is 11.6 Å². The SMILES string of the molecule is Cc1cc(C(=O)ON(C(=O)C2CCCC2)C2CCCCC2)ccc1Br. The fourth-order valence-electron chi connectivity index (χ4n) is 3.88. The summed E-state index contributed by atoms with van der Waals surface area (Å²) in [5, 5.41) is 1.44. The first-order valence-corrected chi connectivity index (χ1v) is 10.2. The van der Waals surface area contributed by atoms with E-state index in [1.54, 1.807) is 12.1 Å². The fraction of sp³-hybridized carbons (Fsp3) is 0.600. The van der Waals surface area contributed by atoms with E-state index in [-0.39, 0.29) is 17.9 Å². The van der Waals surface area contributed by atoms with Crippen LogP contribution in [0.15, 0.2) is 22.7 Å². The Balaban J connectivity index is 1.76. The predicted octanol–water partition coefficient (Wildman–Crippen LogP) is 5.18. The molecule has 1 aromatic carbocycles. The average Bonchev–Trinajstić information content (AvgIpc) is 3.16. The molecule has 0 saturated heterocycles. The Hall–Kier alpha value is -1.36. The van der Waals surface area contributed by atoms with Gasteiger partial charge in [-0.05, 0) is 56.4 Å². The number of hydrogen-bond acceptors (Lipinski definition) is 3. The van der Waals surface area contributed by atoms with Gasteiger partial charge in [-0.25, -0.2) is 4.79 Å². The van der Waals surface area contributed by atoms with E-state index in [9.17, 15) is 9.59 Å². The molecule has 2 aliphatic carbocycles. The van der Waals surface area contributed by atoms with Crippen LogP contribution in [0, 0.1) is 12.8 Å². The van der Waals surface area contributed by atoms with Crippen molar-refractivity contribution in [2.24, 2.45) is 5.92 Å². The van der Waals surface area contributed by atoms with Gasteiger partial charge in [-0.3, -0.25) is 4.79 Å². The molecule has 2 fully saturated rings. The third kappa shape index (κ3) is 4.43. The minimum absolute atomic E-state index is 0.00610. The number of benzene rings is 1. The van der Waals surface area contributed by atoms with Crippen molar-refractivity contribution in [1.82, 2.24) is 5.06 Å². The molecule has 0 heterocycles. The first kappa shape index (κ1) is 18.4. The Labute approximate surface area is 158 Å². The third-order valence-electron chi connectivity index (χ3n) is 5.40. The zero-order valence-corrected chi connectivity index (χ0v) is 16.4. The molecule has 0 aromatic heterocycles. The molecular weight excluding hydrogens is 382 g/mol. The van der Waals surface area contributed by atoms with E-state index < -0.39 is 5.97 Å². The molecule has 1 aromatic rings. The van der Waals surface area contributed by atoms with Gasteiger partial charge in [0.25, 0.3) is 5.91 Å². The van der Waals surface area contributed by atoms with Crippen LogP contribution in [0.2, 0.25) is 0 Å². The summed E-state index contributed by atoms with van der Waals surface area (Å²) < 4.78 is 0.954. The van der Waals surface area contributed by atoms with E-state index in [2.05, 4.69) is 15.9 Å². The molecule has 25 heavy (non-hydrogen) atoms. The number of carbonyl (C=O) groups excluding carboxylic acids is 2. The standard InChI is InChI=1S/C20H26BrNO3/c1-14-13-16(11-12-18(14)21)20(24)25-22(17-9-3-2-4-10-17)19(23)15-7-5-6-8-15/h11-13,15,17H,2-10H2,1H3. The number of nitrogens with zero attached hydrogens (tertiary/aromatic N) is 1. The third-order valence-corrected chi connectivity index (χ3v) is 6.29. The zero-order chi connectivity index (χ0) is 17.8. The number of hydrogen-bond donors (Lipinski definition) is 0. The summed E-state index contributed by atoms with van der Waals surface area (Å²) in [5.74, 6) is -0.416. The summed E-state index contributed by atoms with van der Waals surface area (Å²) in [7, 11) is 0. The van der Waals surface area contributed by atoms with Gasteiger partial charge in [0.2, 0.25) is 0 Å². The van der Waals surface area contributed by atoms with E-state index in [4.69, 9.17) is 4.84 Å². The van der Waals surface area contributed by atoms with Crippen LogP contribution in [0.25, 0.3) is 0 Å². The summed E-state index contributed by atoms with van der Waals surface area (Å²) in [6, 6.07) is 5.40. The van der Waals surface area contributed by atoms with Crippen LogP contribution in [0.5, 0.6) is 0 Å². The lowest BCUT2D eigenvalue weighted by molar-refractivity contribution is -0.184. The van der Waals surface area contributed by atoms with E-state index >= 15 is 0 Å². The first-order valence-electron chi connectivity index (χ1n) is 9.38. The number of aryl methyl sites for hydroxylation is 1. The van der Waals surface area contributed by atoms with E-state index in [0.717, 1.165) is 61.4 Å². The molecule has 2 saturated carbocycles. The van der Waals surface area contributed by atoms with E-state index in [0.29, 0.717) is 5.56 Å². The number of carbonyl (C=O) groups is 2. The van der Waals surface area contributed by atoms with Crippen LogP contribution in [0.1, 0.15) is 73.7 Å². The Bertz CT molecular complexity index is 634. The van der Waals surface area contributed by atoms with Crippen molar-refractivity contribution in [3.05, 3.63) is 33.8 Å². The molecule has 2 aliphatic rings. The Morgan fingerprint density at radius 1 is 1.04 bits per heavy atom. The Morgan fingerprint density at radius 2 is 1.68 bits per heavy atom. The van der Waals surface area contributed by atoms with Crippen molar-refractivity contribution in [1.29, 1.82) is 0 Å². The lowest BCUT2D eigenvalue weighted by atomic mass is 9.94. The summed E-state index contributed by atoms with van der Waals surface area (Å²) in [6.07, 6.45) is 9.23. The molecular formula is C20H26BrNO3. The topological polar surface area (TPSA) is 46.6 Å². The minimum atomic E-state index is -0.437. The van der Waals surface area contributed by atoms with Crippen molar-refractivity contribution in [2.75, 3.05) is 0 Å². The van der Waals surface area contributed by atoms with Gasteiger partial charge in [-0.2, -0.15) is 5.06 Å². The maximum absolute atomic E-state index is 13.0. The van der Waals surface area contributed by atoms with Crippen LogP contribution in [-0.4, -0.2) is 23.0 Å². The number of amides is 1. The van der Waals surface area contributed by atoms with Crippen molar-refractivity contribution < 1.29 is 14.4 Å². The highest BCUT2D eigenvalue weighted by Gasteiger charge is 2.35. The molecule has 0 atom stereocenters. The number of halogens is 1. The molecule has 5 heteroatoms. The lowest BCUT2D eigenvalue weighted by Crippen LogP contribution is -2.45. The van der Waals surface area contributed by atoms with Crippen molar-refractivity contribution in [2.45, 2.75) is 70.8 Å². The Kier molecular flexibility index (Phi) is 6.15. The first-order chi connectivity index (χ1) is 12.1. The number of hydroxylamine groups is 2. The van der Waals surface area contributed by atoms with Gasteiger partial charge in [-0.15, -0.1) is 0 Å². The molecule has 0 N–H and O–H groups in total. The summed E-state index contributed by atoms with van der Waals surface area (Å²) in [5.41, 5.74) is 1.46. The Morgan fingerprint density at radius 3 is 2.32 bits per heavy atom. The maximum Gasteiger partial charge on any atom is 0.363 e. The summed E-state index contributed by atoms with van der Waals surface area (Å²) >= 11 is 3.44. The maximum atomic E-state index is 13.0. The van der Waals surface area contributed by atoms with Gasteiger partial charge in [0.1, 0.15) is 0 Å². The van der Waals surface area contributed by atoms with Crippen LogP contribution in [0.3, 0.4) is 0 Å². The highest BCUT2D eigenvalue weighted by molar-refractivity contribution is 9.10. The average molecular weight is 408 g/mol. The van der Waals surface area contributed by atoms with Crippen LogP contribution >= 0.6 is 15.9 Å². The molecule has 0 bridgehead atoms. The quantitative estimate of drug-likeness (QED) is 0.648. The fourth-order valence-corrected chi connectivity index (χ4v) is 4.13. The van der Waals surface area contributed by atoms with Crippen LogP contribution in [0.4, 0.5) is 0 Å².